The predicted molar refractivity (Wildman–Crippen MR) is 66.5 cm³/mol. The van der Waals surface area contributed by atoms with E-state index in [0.29, 0.717) is 0 Å². The Kier molecular flexibility index (Phi) is 3.62. The molecule has 0 aliphatic rings. The van der Waals surface area contributed by atoms with Crippen molar-refractivity contribution in [1.29, 1.82) is 0 Å². The summed E-state index contributed by atoms with van der Waals surface area (Å²) < 4.78 is 26.8. The van der Waals surface area contributed by atoms with Gasteiger partial charge < -0.3 is 0 Å². The van der Waals surface area contributed by atoms with Crippen LogP contribution in [-0.4, -0.2) is 0 Å². The van der Waals surface area contributed by atoms with Crippen molar-refractivity contribution in [1.82, 2.24) is 0 Å². The van der Waals surface area contributed by atoms with Crippen LogP contribution in [0.1, 0.15) is 15.3 Å². The molecule has 2 aromatic rings. The molecule has 0 spiro atoms. The fraction of sp³-hybridized carbons (Fsp3) is 0.0909. The summed E-state index contributed by atoms with van der Waals surface area (Å²) >= 11 is 10.3. The monoisotopic (exact) mass is 322 g/mol. The second kappa shape index (κ2) is 4.82. The van der Waals surface area contributed by atoms with E-state index >= 15 is 0 Å². The summed E-state index contributed by atoms with van der Waals surface area (Å²) in [6.45, 7) is 0. The molecule has 0 saturated heterocycles. The second-order valence-corrected chi connectivity index (χ2v) is 5.47. The number of benzene rings is 1. The van der Waals surface area contributed by atoms with Crippen molar-refractivity contribution in [3.8, 4) is 0 Å². The fourth-order valence-electron chi connectivity index (χ4n) is 1.32. The lowest BCUT2D eigenvalue weighted by molar-refractivity contribution is 0.589. The molecule has 84 valence electrons. The quantitative estimate of drug-likeness (QED) is 0.529. The standard InChI is InChI=1S/C11H6BrClF2S/c12-11(10-2-1-3-16-10)6-4-9(15)7(13)5-8(6)14/h1-5,11H. The topological polar surface area (TPSA) is 0 Å². The van der Waals surface area contributed by atoms with Gasteiger partial charge in [-0.1, -0.05) is 33.6 Å². The molecule has 0 nitrogen and oxygen atoms in total. The summed E-state index contributed by atoms with van der Waals surface area (Å²) in [6.07, 6.45) is 0. The number of hydrogen-bond acceptors (Lipinski definition) is 1. The first kappa shape index (κ1) is 12.0. The van der Waals surface area contributed by atoms with E-state index in [-0.39, 0.29) is 15.4 Å². The molecule has 0 saturated carbocycles. The largest absolute Gasteiger partial charge is 0.207 e. The molecule has 2 rings (SSSR count). The van der Waals surface area contributed by atoms with E-state index in [4.69, 9.17) is 11.6 Å². The molecule has 0 bridgehead atoms. The molecular formula is C11H6BrClF2S. The maximum absolute atomic E-state index is 13.6. The van der Waals surface area contributed by atoms with Gasteiger partial charge >= 0.3 is 0 Å². The third-order valence-corrected chi connectivity index (χ3v) is 4.62. The van der Waals surface area contributed by atoms with Crippen LogP contribution < -0.4 is 0 Å². The van der Waals surface area contributed by atoms with E-state index in [0.717, 1.165) is 17.0 Å². The first-order chi connectivity index (χ1) is 7.59. The minimum absolute atomic E-state index is 0.202. The van der Waals surface area contributed by atoms with Crippen LogP contribution in [0, 0.1) is 11.6 Å². The molecule has 1 atom stereocenters. The summed E-state index contributed by atoms with van der Waals surface area (Å²) in [6, 6.07) is 5.83. The fourth-order valence-corrected chi connectivity index (χ4v) is 3.02. The van der Waals surface area contributed by atoms with Crippen LogP contribution in [0.15, 0.2) is 29.6 Å². The van der Waals surface area contributed by atoms with E-state index in [1.807, 2.05) is 17.5 Å². The molecule has 16 heavy (non-hydrogen) atoms. The van der Waals surface area contributed by atoms with Crippen molar-refractivity contribution in [3.63, 3.8) is 0 Å². The normalized spacial score (nSPS) is 12.8. The van der Waals surface area contributed by atoms with E-state index in [1.165, 1.54) is 11.3 Å². The third-order valence-electron chi connectivity index (χ3n) is 2.11. The van der Waals surface area contributed by atoms with E-state index < -0.39 is 11.6 Å². The van der Waals surface area contributed by atoms with E-state index in [2.05, 4.69) is 15.9 Å². The first-order valence-corrected chi connectivity index (χ1v) is 6.59. The van der Waals surface area contributed by atoms with Crippen molar-refractivity contribution in [3.05, 3.63) is 56.7 Å². The molecule has 0 radical (unpaired) electrons. The van der Waals surface area contributed by atoms with Gasteiger partial charge in [0, 0.05) is 10.4 Å². The van der Waals surface area contributed by atoms with Crippen molar-refractivity contribution < 1.29 is 8.78 Å². The van der Waals surface area contributed by atoms with Crippen LogP contribution in [0.3, 0.4) is 0 Å². The Morgan fingerprint density at radius 2 is 2.00 bits per heavy atom. The Hall–Kier alpha value is -0.450. The van der Waals surface area contributed by atoms with Crippen molar-refractivity contribution in [2.45, 2.75) is 4.83 Å². The van der Waals surface area contributed by atoms with Gasteiger partial charge in [-0.3, -0.25) is 0 Å². The van der Waals surface area contributed by atoms with E-state index in [1.54, 1.807) is 0 Å². The highest BCUT2D eigenvalue weighted by Gasteiger charge is 2.18. The predicted octanol–water partition coefficient (Wildman–Crippen LogP) is 5.16. The van der Waals surface area contributed by atoms with Crippen molar-refractivity contribution in [2.75, 3.05) is 0 Å². The highest BCUT2D eigenvalue weighted by Crippen LogP contribution is 2.36. The van der Waals surface area contributed by atoms with Crippen LogP contribution in [0.5, 0.6) is 0 Å². The Labute approximate surface area is 109 Å². The number of alkyl halides is 1. The summed E-state index contributed by atoms with van der Waals surface area (Å²) in [5.41, 5.74) is 0.254. The Balaban J connectivity index is 2.44. The molecule has 5 heteroatoms. The number of hydrogen-bond donors (Lipinski definition) is 0. The van der Waals surface area contributed by atoms with E-state index in [9.17, 15) is 8.78 Å². The Bertz CT molecular complexity index is 499. The van der Waals surface area contributed by atoms with Gasteiger partial charge in [0.25, 0.3) is 0 Å². The van der Waals surface area contributed by atoms with Gasteiger partial charge in [-0.2, -0.15) is 0 Å². The van der Waals surface area contributed by atoms with Gasteiger partial charge in [0.15, 0.2) is 0 Å². The molecule has 0 aliphatic heterocycles. The highest BCUT2D eigenvalue weighted by molar-refractivity contribution is 9.09. The number of thiophene rings is 1. The summed E-state index contributed by atoms with van der Waals surface area (Å²) in [5, 5.41) is 1.68. The molecule has 1 aromatic carbocycles. The summed E-state index contributed by atoms with van der Waals surface area (Å²) in [5.74, 6) is -1.12. The van der Waals surface area contributed by atoms with Gasteiger partial charge in [0.1, 0.15) is 11.6 Å². The average molecular weight is 324 g/mol. The minimum Gasteiger partial charge on any atom is -0.207 e. The summed E-state index contributed by atoms with van der Waals surface area (Å²) in [4.78, 5) is 0.569. The molecule has 0 aliphatic carbocycles. The molecule has 1 aromatic heterocycles. The second-order valence-electron chi connectivity index (χ2n) is 3.17. The van der Waals surface area contributed by atoms with Crippen molar-refractivity contribution >= 4 is 38.9 Å². The molecule has 1 heterocycles. The maximum atomic E-state index is 13.6. The average Bonchev–Trinajstić information content (AvgIpc) is 2.75. The zero-order valence-corrected chi connectivity index (χ0v) is 11.0. The SMILES string of the molecule is Fc1cc(C(Br)c2cccs2)c(F)cc1Cl. The van der Waals surface area contributed by atoms with Crippen LogP contribution in [-0.2, 0) is 0 Å². The molecule has 0 N–H and O–H groups in total. The van der Waals surface area contributed by atoms with Crippen LogP contribution in [0.2, 0.25) is 5.02 Å². The Morgan fingerprint density at radius 1 is 1.25 bits per heavy atom. The van der Waals surface area contributed by atoms with Gasteiger partial charge in [0.2, 0.25) is 0 Å². The molecule has 0 amide bonds. The van der Waals surface area contributed by atoms with Crippen LogP contribution in [0.25, 0.3) is 0 Å². The van der Waals surface area contributed by atoms with Gasteiger partial charge in [-0.15, -0.1) is 11.3 Å². The molecule has 1 unspecified atom stereocenters. The lowest BCUT2D eigenvalue weighted by Crippen LogP contribution is -1.96. The van der Waals surface area contributed by atoms with Crippen LogP contribution in [0.4, 0.5) is 8.78 Å². The smallest absolute Gasteiger partial charge is 0.142 e. The van der Waals surface area contributed by atoms with Crippen molar-refractivity contribution in [2.24, 2.45) is 0 Å². The number of rotatable bonds is 2. The van der Waals surface area contributed by atoms with Gasteiger partial charge in [-0.25, -0.2) is 8.78 Å². The lowest BCUT2D eigenvalue weighted by atomic mass is 10.1. The van der Waals surface area contributed by atoms with Crippen LogP contribution >= 0.6 is 38.9 Å². The molecular weight excluding hydrogens is 318 g/mol. The lowest BCUT2D eigenvalue weighted by Gasteiger charge is -2.10. The zero-order valence-electron chi connectivity index (χ0n) is 7.88. The van der Waals surface area contributed by atoms with Gasteiger partial charge in [-0.05, 0) is 23.6 Å². The first-order valence-electron chi connectivity index (χ1n) is 4.41. The zero-order chi connectivity index (χ0) is 11.7. The third kappa shape index (κ3) is 2.29. The van der Waals surface area contributed by atoms with Gasteiger partial charge in [0.05, 0.1) is 9.85 Å². The maximum Gasteiger partial charge on any atom is 0.142 e. The summed E-state index contributed by atoms with van der Waals surface area (Å²) in [7, 11) is 0. The minimum atomic E-state index is -0.612. The number of halogens is 4. The molecule has 0 fully saturated rings. The highest BCUT2D eigenvalue weighted by atomic mass is 79.9. The Morgan fingerprint density at radius 3 is 2.62 bits per heavy atom.